The SMILES string of the molecule is Cc1ccc(C(=O)N[C@@H](C(C)C)C(C)N2CCC[C@H]2C(=O)N[C@@H](CCCNCN)C(=O)CF)cc1. The zero-order valence-electron chi connectivity index (χ0n) is 21.5. The van der Waals surface area contributed by atoms with E-state index >= 15 is 0 Å². The highest BCUT2D eigenvalue weighted by Crippen LogP contribution is 2.25. The number of nitrogens with one attached hydrogen (secondary N) is 3. The van der Waals surface area contributed by atoms with Gasteiger partial charge in [-0.2, -0.15) is 0 Å². The third kappa shape index (κ3) is 8.37. The summed E-state index contributed by atoms with van der Waals surface area (Å²) in [6.45, 7) is 8.61. The molecule has 1 aromatic rings. The van der Waals surface area contributed by atoms with E-state index in [4.69, 9.17) is 5.73 Å². The van der Waals surface area contributed by atoms with Crippen LogP contribution in [-0.2, 0) is 9.59 Å². The Labute approximate surface area is 208 Å². The summed E-state index contributed by atoms with van der Waals surface area (Å²) in [4.78, 5) is 40.3. The van der Waals surface area contributed by atoms with Crippen LogP contribution in [0.25, 0.3) is 0 Å². The van der Waals surface area contributed by atoms with Crippen LogP contribution < -0.4 is 21.7 Å². The van der Waals surface area contributed by atoms with Crippen molar-refractivity contribution in [2.24, 2.45) is 11.7 Å². The minimum Gasteiger partial charge on any atom is -0.347 e. The first-order valence-corrected chi connectivity index (χ1v) is 12.6. The molecule has 1 fully saturated rings. The summed E-state index contributed by atoms with van der Waals surface area (Å²) in [5.41, 5.74) is 7.10. The molecule has 5 N–H and O–H groups in total. The van der Waals surface area contributed by atoms with Gasteiger partial charge >= 0.3 is 0 Å². The van der Waals surface area contributed by atoms with E-state index in [1.165, 1.54) is 0 Å². The molecule has 4 atom stereocenters. The van der Waals surface area contributed by atoms with Gasteiger partial charge in [-0.3, -0.25) is 19.3 Å². The molecular weight excluding hydrogens is 449 g/mol. The van der Waals surface area contributed by atoms with Crippen LogP contribution in [0.3, 0.4) is 0 Å². The maximum Gasteiger partial charge on any atom is 0.251 e. The number of carbonyl (C=O) groups excluding carboxylic acids is 3. The van der Waals surface area contributed by atoms with Crippen molar-refractivity contribution in [3.63, 3.8) is 0 Å². The van der Waals surface area contributed by atoms with E-state index in [0.29, 0.717) is 44.6 Å². The molecule has 35 heavy (non-hydrogen) atoms. The van der Waals surface area contributed by atoms with Gasteiger partial charge < -0.3 is 21.7 Å². The number of Topliss-reactive ketones (excluding diaryl/α,β-unsaturated/α-hetero) is 1. The highest BCUT2D eigenvalue weighted by molar-refractivity contribution is 5.94. The third-order valence-electron chi connectivity index (χ3n) is 6.80. The van der Waals surface area contributed by atoms with Crippen molar-refractivity contribution in [1.82, 2.24) is 20.9 Å². The molecule has 0 radical (unpaired) electrons. The summed E-state index contributed by atoms with van der Waals surface area (Å²) >= 11 is 0. The second-order valence-corrected chi connectivity index (χ2v) is 9.75. The molecule has 1 unspecified atom stereocenters. The number of hydrogen-bond acceptors (Lipinski definition) is 6. The predicted molar refractivity (Wildman–Crippen MR) is 136 cm³/mol. The Kier molecular flexibility index (Phi) is 11.8. The largest absolute Gasteiger partial charge is 0.347 e. The van der Waals surface area contributed by atoms with Crippen LogP contribution in [0.1, 0.15) is 62.4 Å². The number of likely N-dealkylation sites (tertiary alicyclic amines) is 1. The van der Waals surface area contributed by atoms with Crippen LogP contribution in [0.4, 0.5) is 4.39 Å². The smallest absolute Gasteiger partial charge is 0.251 e. The van der Waals surface area contributed by atoms with Gasteiger partial charge in [0.25, 0.3) is 5.91 Å². The van der Waals surface area contributed by atoms with Gasteiger partial charge in [0, 0.05) is 24.3 Å². The molecule has 1 aliphatic rings. The minimum absolute atomic E-state index is 0.105. The lowest BCUT2D eigenvalue weighted by Gasteiger charge is -2.38. The Hall–Kier alpha value is -2.36. The Morgan fingerprint density at radius 2 is 1.83 bits per heavy atom. The molecule has 0 spiro atoms. The van der Waals surface area contributed by atoms with Gasteiger partial charge in [-0.25, -0.2) is 4.39 Å². The number of halogens is 1. The number of alkyl halides is 1. The molecule has 0 aromatic heterocycles. The number of hydrogen-bond donors (Lipinski definition) is 4. The third-order valence-corrected chi connectivity index (χ3v) is 6.80. The number of nitrogens with two attached hydrogens (primary N) is 1. The lowest BCUT2D eigenvalue weighted by Crippen LogP contribution is -2.57. The highest BCUT2D eigenvalue weighted by Gasteiger charge is 2.39. The summed E-state index contributed by atoms with van der Waals surface area (Å²) in [5.74, 6) is -0.885. The first-order valence-electron chi connectivity index (χ1n) is 12.6. The second kappa shape index (κ2) is 14.3. The summed E-state index contributed by atoms with van der Waals surface area (Å²) < 4.78 is 13.1. The van der Waals surface area contributed by atoms with E-state index in [1.807, 2.05) is 52.0 Å². The summed E-state index contributed by atoms with van der Waals surface area (Å²) in [5, 5.41) is 8.92. The highest BCUT2D eigenvalue weighted by atomic mass is 19.1. The number of benzene rings is 1. The van der Waals surface area contributed by atoms with Crippen LogP contribution in [0.5, 0.6) is 0 Å². The molecule has 0 bridgehead atoms. The quantitative estimate of drug-likeness (QED) is 0.233. The average Bonchev–Trinajstić information content (AvgIpc) is 3.33. The first kappa shape index (κ1) is 28.9. The number of rotatable bonds is 14. The van der Waals surface area contributed by atoms with E-state index in [2.05, 4.69) is 20.9 Å². The molecular formula is C26H42FN5O3. The van der Waals surface area contributed by atoms with Crippen molar-refractivity contribution in [3.05, 3.63) is 35.4 Å². The van der Waals surface area contributed by atoms with Gasteiger partial charge in [-0.15, -0.1) is 0 Å². The first-order chi connectivity index (χ1) is 16.7. The van der Waals surface area contributed by atoms with E-state index in [9.17, 15) is 18.8 Å². The van der Waals surface area contributed by atoms with Crippen LogP contribution in [0.2, 0.25) is 0 Å². The van der Waals surface area contributed by atoms with Crippen LogP contribution in [0, 0.1) is 12.8 Å². The van der Waals surface area contributed by atoms with Crippen molar-refractivity contribution < 1.29 is 18.8 Å². The van der Waals surface area contributed by atoms with E-state index in [1.54, 1.807) is 0 Å². The maximum atomic E-state index is 13.2. The van der Waals surface area contributed by atoms with E-state index in [0.717, 1.165) is 12.0 Å². The van der Waals surface area contributed by atoms with Crippen LogP contribution in [0.15, 0.2) is 24.3 Å². The van der Waals surface area contributed by atoms with Crippen molar-refractivity contribution in [2.45, 2.75) is 77.5 Å². The number of ketones is 1. The van der Waals surface area contributed by atoms with Crippen molar-refractivity contribution in [1.29, 1.82) is 0 Å². The van der Waals surface area contributed by atoms with Gasteiger partial charge in [-0.05, 0) is 70.7 Å². The van der Waals surface area contributed by atoms with Crippen molar-refractivity contribution in [3.8, 4) is 0 Å². The van der Waals surface area contributed by atoms with Crippen molar-refractivity contribution >= 4 is 17.6 Å². The van der Waals surface area contributed by atoms with Gasteiger partial charge in [0.2, 0.25) is 5.91 Å². The molecule has 2 amide bonds. The average molecular weight is 492 g/mol. The molecule has 0 aliphatic carbocycles. The molecule has 0 saturated carbocycles. The van der Waals surface area contributed by atoms with Gasteiger partial charge in [0.05, 0.1) is 12.1 Å². The fourth-order valence-corrected chi connectivity index (χ4v) is 4.76. The van der Waals surface area contributed by atoms with E-state index < -0.39 is 24.5 Å². The van der Waals surface area contributed by atoms with Crippen LogP contribution >= 0.6 is 0 Å². The molecule has 1 heterocycles. The number of amides is 2. The predicted octanol–water partition coefficient (Wildman–Crippen LogP) is 1.91. The minimum atomic E-state index is -1.11. The zero-order chi connectivity index (χ0) is 26.0. The summed E-state index contributed by atoms with van der Waals surface area (Å²) in [6.07, 6.45) is 2.43. The Balaban J connectivity index is 2.08. The molecule has 1 aliphatic heterocycles. The Bertz CT molecular complexity index is 833. The topological polar surface area (TPSA) is 117 Å². The Morgan fingerprint density at radius 3 is 2.43 bits per heavy atom. The molecule has 196 valence electrons. The summed E-state index contributed by atoms with van der Waals surface area (Å²) in [7, 11) is 0. The Morgan fingerprint density at radius 1 is 1.14 bits per heavy atom. The maximum absolute atomic E-state index is 13.2. The lowest BCUT2D eigenvalue weighted by atomic mass is 9.95. The molecule has 9 heteroatoms. The van der Waals surface area contributed by atoms with Gasteiger partial charge in [0.15, 0.2) is 5.78 Å². The molecule has 2 rings (SSSR count). The normalized spacial score (nSPS) is 18.8. The van der Waals surface area contributed by atoms with Gasteiger partial charge in [0.1, 0.15) is 6.67 Å². The number of aryl methyl sites for hydroxylation is 1. The number of carbonyl (C=O) groups is 3. The fourth-order valence-electron chi connectivity index (χ4n) is 4.76. The van der Waals surface area contributed by atoms with E-state index in [-0.39, 0.29) is 29.8 Å². The zero-order valence-corrected chi connectivity index (χ0v) is 21.5. The lowest BCUT2D eigenvalue weighted by molar-refractivity contribution is -0.131. The number of nitrogens with zero attached hydrogens (tertiary/aromatic N) is 1. The second-order valence-electron chi connectivity index (χ2n) is 9.75. The van der Waals surface area contributed by atoms with Gasteiger partial charge in [-0.1, -0.05) is 31.5 Å². The van der Waals surface area contributed by atoms with Crippen LogP contribution in [-0.4, -0.2) is 73.1 Å². The van der Waals surface area contributed by atoms with Crippen molar-refractivity contribution in [2.75, 3.05) is 26.4 Å². The standard InChI is InChI=1S/C26H42FN5O3/c1-17(2)24(31-25(34)20-11-9-18(3)10-12-20)19(4)32-14-6-8-22(32)26(35)30-21(23(33)15-27)7-5-13-29-16-28/h9-12,17,19,21-22,24,29H,5-8,13-16,28H2,1-4H3,(H,30,35)(H,31,34)/t19?,21-,22-,24-/m0/s1. The summed E-state index contributed by atoms with van der Waals surface area (Å²) in [6, 6.07) is 5.87. The molecule has 1 saturated heterocycles. The monoisotopic (exact) mass is 491 g/mol. The fraction of sp³-hybridized carbons (Fsp3) is 0.654. The molecule has 8 nitrogen and oxygen atoms in total. The molecule has 1 aromatic carbocycles.